The first-order valence-corrected chi connectivity index (χ1v) is 7.99. The summed E-state index contributed by atoms with van der Waals surface area (Å²) in [5.74, 6) is -0.618. The van der Waals surface area contributed by atoms with Crippen LogP contribution in [0.4, 0.5) is 0 Å². The number of esters is 1. The Labute approximate surface area is 146 Å². The second-order valence-electron chi connectivity index (χ2n) is 5.68. The van der Waals surface area contributed by atoms with E-state index in [2.05, 4.69) is 5.32 Å². The summed E-state index contributed by atoms with van der Waals surface area (Å²) >= 11 is 5.91. The zero-order valence-corrected chi connectivity index (χ0v) is 14.7. The minimum Gasteiger partial charge on any atom is -0.469 e. The summed E-state index contributed by atoms with van der Waals surface area (Å²) in [6, 6.07) is 12.2. The predicted molar refractivity (Wildman–Crippen MR) is 94.2 cm³/mol. The highest BCUT2D eigenvalue weighted by molar-refractivity contribution is 6.30. The van der Waals surface area contributed by atoms with Gasteiger partial charge in [-0.05, 0) is 43.2 Å². The quantitative estimate of drug-likeness (QED) is 0.833. The molecule has 0 aromatic heterocycles. The average molecular weight is 346 g/mol. The zero-order valence-electron chi connectivity index (χ0n) is 13.9. The van der Waals surface area contributed by atoms with Gasteiger partial charge in [0.25, 0.3) is 5.91 Å². The minimum atomic E-state index is -0.483. The SMILES string of the molecule is COC(=O)CC(NC(=O)c1ccc(C)cc1C)c1ccc(Cl)cc1. The van der Waals surface area contributed by atoms with Crippen LogP contribution in [-0.2, 0) is 9.53 Å². The second-order valence-corrected chi connectivity index (χ2v) is 6.11. The Bertz CT molecular complexity index is 741. The van der Waals surface area contributed by atoms with Gasteiger partial charge in [0, 0.05) is 10.6 Å². The Morgan fingerprint density at radius 1 is 1.12 bits per heavy atom. The summed E-state index contributed by atoms with van der Waals surface area (Å²) in [5, 5.41) is 3.51. The van der Waals surface area contributed by atoms with Gasteiger partial charge < -0.3 is 10.1 Å². The number of carbonyl (C=O) groups excluding carboxylic acids is 2. The van der Waals surface area contributed by atoms with Crippen LogP contribution in [-0.4, -0.2) is 19.0 Å². The number of methoxy groups -OCH3 is 1. The normalized spacial score (nSPS) is 11.7. The van der Waals surface area contributed by atoms with E-state index in [1.54, 1.807) is 30.3 Å². The number of halogens is 1. The van der Waals surface area contributed by atoms with E-state index in [9.17, 15) is 9.59 Å². The van der Waals surface area contributed by atoms with Crippen LogP contribution in [0, 0.1) is 13.8 Å². The Kier molecular flexibility index (Phi) is 5.99. The van der Waals surface area contributed by atoms with E-state index in [4.69, 9.17) is 16.3 Å². The molecule has 0 fully saturated rings. The van der Waals surface area contributed by atoms with Crippen molar-refractivity contribution in [1.82, 2.24) is 5.32 Å². The summed E-state index contributed by atoms with van der Waals surface area (Å²) < 4.78 is 4.74. The Morgan fingerprint density at radius 3 is 2.38 bits per heavy atom. The predicted octanol–water partition coefficient (Wildman–Crippen LogP) is 3.99. The molecule has 2 aromatic carbocycles. The molecule has 0 bridgehead atoms. The molecule has 0 spiro atoms. The van der Waals surface area contributed by atoms with Crippen LogP contribution in [0.2, 0.25) is 5.02 Å². The van der Waals surface area contributed by atoms with Crippen LogP contribution in [0.5, 0.6) is 0 Å². The lowest BCUT2D eigenvalue weighted by atomic mass is 10.0. The topological polar surface area (TPSA) is 55.4 Å². The number of hydrogen-bond acceptors (Lipinski definition) is 3. The lowest BCUT2D eigenvalue weighted by Gasteiger charge is -2.19. The molecule has 126 valence electrons. The van der Waals surface area contributed by atoms with Crippen molar-refractivity contribution in [2.45, 2.75) is 26.3 Å². The van der Waals surface area contributed by atoms with E-state index < -0.39 is 12.0 Å². The van der Waals surface area contributed by atoms with Crippen LogP contribution < -0.4 is 5.32 Å². The van der Waals surface area contributed by atoms with Crippen molar-refractivity contribution >= 4 is 23.5 Å². The van der Waals surface area contributed by atoms with Crippen molar-refractivity contribution in [3.05, 3.63) is 69.7 Å². The van der Waals surface area contributed by atoms with Crippen molar-refractivity contribution < 1.29 is 14.3 Å². The maximum atomic E-state index is 12.6. The van der Waals surface area contributed by atoms with Gasteiger partial charge >= 0.3 is 5.97 Å². The van der Waals surface area contributed by atoms with Crippen molar-refractivity contribution in [3.8, 4) is 0 Å². The van der Waals surface area contributed by atoms with Crippen molar-refractivity contribution in [2.24, 2.45) is 0 Å². The summed E-state index contributed by atoms with van der Waals surface area (Å²) in [7, 11) is 1.33. The highest BCUT2D eigenvalue weighted by Crippen LogP contribution is 2.21. The zero-order chi connectivity index (χ0) is 17.7. The number of hydrogen-bond donors (Lipinski definition) is 1. The van der Waals surface area contributed by atoms with E-state index in [0.29, 0.717) is 10.6 Å². The molecular formula is C19H20ClNO3. The minimum absolute atomic E-state index is 0.0504. The third-order valence-electron chi connectivity index (χ3n) is 3.80. The van der Waals surface area contributed by atoms with E-state index in [1.807, 2.05) is 26.0 Å². The molecule has 1 N–H and O–H groups in total. The van der Waals surface area contributed by atoms with Gasteiger partial charge in [-0.3, -0.25) is 9.59 Å². The third-order valence-corrected chi connectivity index (χ3v) is 4.05. The van der Waals surface area contributed by atoms with Crippen molar-refractivity contribution in [2.75, 3.05) is 7.11 Å². The molecule has 1 amide bonds. The summed E-state index contributed by atoms with van der Waals surface area (Å²) in [6.45, 7) is 3.86. The highest BCUT2D eigenvalue weighted by Gasteiger charge is 2.20. The molecule has 24 heavy (non-hydrogen) atoms. The van der Waals surface area contributed by atoms with Crippen LogP contribution in [0.1, 0.15) is 39.5 Å². The summed E-state index contributed by atoms with van der Waals surface area (Å²) in [4.78, 5) is 24.3. The van der Waals surface area contributed by atoms with E-state index >= 15 is 0 Å². The monoisotopic (exact) mass is 345 g/mol. The number of amides is 1. The lowest BCUT2D eigenvalue weighted by Crippen LogP contribution is -2.31. The Morgan fingerprint density at radius 2 is 1.79 bits per heavy atom. The summed E-state index contributed by atoms with van der Waals surface area (Å²) in [5.41, 5.74) is 3.36. The molecule has 0 aliphatic heterocycles. The molecule has 4 nitrogen and oxygen atoms in total. The third kappa shape index (κ3) is 4.59. The molecule has 0 radical (unpaired) electrons. The van der Waals surface area contributed by atoms with Gasteiger partial charge in [0.1, 0.15) is 0 Å². The fourth-order valence-corrected chi connectivity index (χ4v) is 2.63. The van der Waals surface area contributed by atoms with Gasteiger partial charge in [-0.25, -0.2) is 0 Å². The maximum Gasteiger partial charge on any atom is 0.307 e. The number of aryl methyl sites for hydroxylation is 2. The molecular weight excluding hydrogens is 326 g/mol. The highest BCUT2D eigenvalue weighted by atomic mass is 35.5. The van der Waals surface area contributed by atoms with E-state index in [1.165, 1.54) is 7.11 Å². The summed E-state index contributed by atoms with van der Waals surface area (Å²) in [6.07, 6.45) is 0.0504. The standard InChI is InChI=1S/C19H20ClNO3/c1-12-4-9-16(13(2)10-12)19(23)21-17(11-18(22)24-3)14-5-7-15(20)8-6-14/h4-10,17H,11H2,1-3H3,(H,21,23). The largest absolute Gasteiger partial charge is 0.469 e. The van der Waals surface area contributed by atoms with Crippen molar-refractivity contribution in [1.29, 1.82) is 0 Å². The Balaban J connectivity index is 2.25. The number of nitrogens with one attached hydrogen (secondary N) is 1. The molecule has 5 heteroatoms. The molecule has 2 rings (SSSR count). The van der Waals surface area contributed by atoms with Crippen molar-refractivity contribution in [3.63, 3.8) is 0 Å². The van der Waals surface area contributed by atoms with Gasteiger partial charge in [0.05, 0.1) is 19.6 Å². The number of ether oxygens (including phenoxy) is 1. The molecule has 0 aliphatic carbocycles. The van der Waals surface area contributed by atoms with Gasteiger partial charge in [0.15, 0.2) is 0 Å². The fraction of sp³-hybridized carbons (Fsp3) is 0.263. The fourth-order valence-electron chi connectivity index (χ4n) is 2.50. The number of benzene rings is 2. The first-order valence-electron chi connectivity index (χ1n) is 7.61. The van der Waals surface area contributed by atoms with E-state index in [-0.39, 0.29) is 12.3 Å². The average Bonchev–Trinajstić information content (AvgIpc) is 2.54. The van der Waals surface area contributed by atoms with Gasteiger partial charge in [0.2, 0.25) is 0 Å². The first kappa shape index (κ1) is 18.0. The van der Waals surface area contributed by atoms with Gasteiger partial charge in [-0.1, -0.05) is 41.4 Å². The van der Waals surface area contributed by atoms with Gasteiger partial charge in [-0.2, -0.15) is 0 Å². The van der Waals surface area contributed by atoms with Crippen LogP contribution in [0.15, 0.2) is 42.5 Å². The van der Waals surface area contributed by atoms with Crippen LogP contribution in [0.25, 0.3) is 0 Å². The van der Waals surface area contributed by atoms with Gasteiger partial charge in [-0.15, -0.1) is 0 Å². The van der Waals surface area contributed by atoms with E-state index in [0.717, 1.165) is 16.7 Å². The first-order chi connectivity index (χ1) is 11.4. The molecule has 2 aromatic rings. The maximum absolute atomic E-state index is 12.6. The lowest BCUT2D eigenvalue weighted by molar-refractivity contribution is -0.141. The number of rotatable bonds is 5. The molecule has 1 atom stereocenters. The molecule has 0 heterocycles. The molecule has 0 saturated carbocycles. The second kappa shape index (κ2) is 7.97. The van der Waals surface area contributed by atoms with Crippen LogP contribution in [0.3, 0.4) is 0 Å². The molecule has 1 unspecified atom stereocenters. The molecule has 0 aliphatic rings. The van der Waals surface area contributed by atoms with Crippen LogP contribution >= 0.6 is 11.6 Å². The number of carbonyl (C=O) groups is 2. The molecule has 0 saturated heterocycles. The Hall–Kier alpha value is -2.33. The smallest absolute Gasteiger partial charge is 0.307 e.